The van der Waals surface area contributed by atoms with E-state index in [4.69, 9.17) is 14.2 Å². The summed E-state index contributed by atoms with van der Waals surface area (Å²) in [6.07, 6.45) is 3.32. The van der Waals surface area contributed by atoms with Crippen molar-refractivity contribution in [1.82, 2.24) is 5.32 Å². The van der Waals surface area contributed by atoms with Crippen molar-refractivity contribution in [3.05, 3.63) is 59.7 Å². The maximum Gasteiger partial charge on any atom is 0.244 e. The van der Waals surface area contributed by atoms with Gasteiger partial charge in [0.15, 0.2) is 11.5 Å². The lowest BCUT2D eigenvalue weighted by Crippen LogP contribution is -2.30. The quantitative estimate of drug-likeness (QED) is 0.785. The number of carbonyl (C=O) groups excluding carboxylic acids is 1. The molecule has 1 N–H and O–H groups in total. The second kappa shape index (κ2) is 8.62. The topological polar surface area (TPSA) is 56.8 Å². The summed E-state index contributed by atoms with van der Waals surface area (Å²) in [4.78, 5) is 12.5. The van der Waals surface area contributed by atoms with Gasteiger partial charge in [-0.1, -0.05) is 32.0 Å². The van der Waals surface area contributed by atoms with Crippen molar-refractivity contribution in [2.24, 2.45) is 5.92 Å². The van der Waals surface area contributed by atoms with E-state index in [1.165, 1.54) is 0 Å². The fourth-order valence-electron chi connectivity index (χ4n) is 3.01. The third-order valence-electron chi connectivity index (χ3n) is 4.41. The normalized spacial score (nSPS) is 14.2. The van der Waals surface area contributed by atoms with E-state index >= 15 is 0 Å². The highest BCUT2D eigenvalue weighted by molar-refractivity contribution is 5.92. The van der Waals surface area contributed by atoms with Gasteiger partial charge >= 0.3 is 0 Å². The molecule has 1 atom stereocenters. The van der Waals surface area contributed by atoms with E-state index < -0.39 is 0 Å². The molecule has 3 rings (SSSR count). The van der Waals surface area contributed by atoms with Crippen molar-refractivity contribution >= 4 is 12.0 Å². The van der Waals surface area contributed by atoms with Gasteiger partial charge in [-0.25, -0.2) is 0 Å². The van der Waals surface area contributed by atoms with Crippen LogP contribution in [0.2, 0.25) is 0 Å². The van der Waals surface area contributed by atoms with Crippen molar-refractivity contribution in [2.75, 3.05) is 20.3 Å². The first kappa shape index (κ1) is 18.8. The van der Waals surface area contributed by atoms with Crippen LogP contribution in [0.15, 0.2) is 48.5 Å². The number of hydrogen-bond donors (Lipinski definition) is 1. The number of rotatable bonds is 6. The number of benzene rings is 2. The lowest BCUT2D eigenvalue weighted by molar-refractivity contribution is -0.117. The van der Waals surface area contributed by atoms with Crippen LogP contribution in [0.25, 0.3) is 6.08 Å². The highest BCUT2D eigenvalue weighted by Gasteiger charge is 2.20. The molecule has 0 saturated carbocycles. The SMILES string of the molecule is COc1cccc(/C=C/C(=O)NC(c2ccc3c(c2)OCCO3)C(C)C)c1. The second-order valence-corrected chi connectivity index (χ2v) is 6.74. The molecule has 0 bridgehead atoms. The maximum absolute atomic E-state index is 12.5. The number of amides is 1. The number of nitrogens with one attached hydrogen (secondary N) is 1. The molecule has 2 aromatic rings. The molecule has 0 spiro atoms. The molecule has 1 heterocycles. The summed E-state index contributed by atoms with van der Waals surface area (Å²) >= 11 is 0. The summed E-state index contributed by atoms with van der Waals surface area (Å²) in [7, 11) is 1.62. The Morgan fingerprint density at radius 3 is 2.63 bits per heavy atom. The Morgan fingerprint density at radius 2 is 1.89 bits per heavy atom. The molecule has 0 aromatic heterocycles. The van der Waals surface area contributed by atoms with E-state index in [1.807, 2.05) is 42.5 Å². The summed E-state index contributed by atoms with van der Waals surface area (Å²) in [6.45, 7) is 5.26. The number of hydrogen-bond acceptors (Lipinski definition) is 4. The van der Waals surface area contributed by atoms with E-state index in [2.05, 4.69) is 19.2 Å². The monoisotopic (exact) mass is 367 g/mol. The van der Waals surface area contributed by atoms with Crippen LogP contribution < -0.4 is 19.5 Å². The van der Waals surface area contributed by atoms with Gasteiger partial charge in [0.25, 0.3) is 0 Å². The molecule has 2 aromatic carbocycles. The van der Waals surface area contributed by atoms with E-state index in [-0.39, 0.29) is 17.9 Å². The minimum Gasteiger partial charge on any atom is -0.497 e. The highest BCUT2D eigenvalue weighted by atomic mass is 16.6. The van der Waals surface area contributed by atoms with Gasteiger partial charge in [-0.3, -0.25) is 4.79 Å². The molecule has 0 saturated heterocycles. The Bertz CT molecular complexity index is 829. The van der Waals surface area contributed by atoms with Crippen molar-refractivity contribution < 1.29 is 19.0 Å². The number of methoxy groups -OCH3 is 1. The van der Waals surface area contributed by atoms with Gasteiger partial charge in [-0.2, -0.15) is 0 Å². The van der Waals surface area contributed by atoms with Gasteiger partial charge in [0, 0.05) is 6.08 Å². The first-order valence-corrected chi connectivity index (χ1v) is 9.09. The summed E-state index contributed by atoms with van der Waals surface area (Å²) < 4.78 is 16.4. The van der Waals surface area contributed by atoms with E-state index in [0.717, 1.165) is 28.4 Å². The molecule has 0 fully saturated rings. The molecule has 142 valence electrons. The van der Waals surface area contributed by atoms with Gasteiger partial charge in [-0.05, 0) is 47.4 Å². The minimum atomic E-state index is -0.147. The standard InChI is InChI=1S/C22H25NO4/c1-15(2)22(17-8-9-19-20(14-17)27-12-11-26-19)23-21(24)10-7-16-5-4-6-18(13-16)25-3/h4-10,13-15,22H,11-12H2,1-3H3,(H,23,24)/b10-7+. The zero-order valence-corrected chi connectivity index (χ0v) is 15.9. The van der Waals surface area contributed by atoms with Crippen LogP contribution in [0.5, 0.6) is 17.2 Å². The van der Waals surface area contributed by atoms with Crippen molar-refractivity contribution in [1.29, 1.82) is 0 Å². The van der Waals surface area contributed by atoms with Crippen LogP contribution in [0.1, 0.15) is 31.0 Å². The number of ether oxygens (including phenoxy) is 3. The summed E-state index contributed by atoms with van der Waals surface area (Å²) in [5, 5.41) is 3.09. The van der Waals surface area contributed by atoms with Crippen LogP contribution in [0.3, 0.4) is 0 Å². The Labute approximate surface area is 159 Å². The summed E-state index contributed by atoms with van der Waals surface area (Å²) in [5.74, 6) is 2.31. The molecule has 5 heteroatoms. The Balaban J connectivity index is 1.72. The average Bonchev–Trinajstić information content (AvgIpc) is 2.70. The van der Waals surface area contributed by atoms with Crippen LogP contribution in [0.4, 0.5) is 0 Å². The number of fused-ring (bicyclic) bond motifs is 1. The van der Waals surface area contributed by atoms with Gasteiger partial charge in [0.1, 0.15) is 19.0 Å². The zero-order valence-electron chi connectivity index (χ0n) is 15.9. The Morgan fingerprint density at radius 1 is 1.11 bits per heavy atom. The summed E-state index contributed by atoms with van der Waals surface area (Å²) in [5.41, 5.74) is 1.90. The molecule has 0 aliphatic carbocycles. The van der Waals surface area contributed by atoms with Gasteiger partial charge in [0.2, 0.25) is 5.91 Å². The predicted octanol–water partition coefficient (Wildman–Crippen LogP) is 3.99. The Kier molecular flexibility index (Phi) is 6.01. The fourth-order valence-corrected chi connectivity index (χ4v) is 3.01. The van der Waals surface area contributed by atoms with Gasteiger partial charge in [0.05, 0.1) is 13.2 Å². The van der Waals surface area contributed by atoms with Crippen molar-refractivity contribution in [3.8, 4) is 17.2 Å². The molecular weight excluding hydrogens is 342 g/mol. The van der Waals surface area contributed by atoms with E-state index in [0.29, 0.717) is 13.2 Å². The minimum absolute atomic E-state index is 0.122. The summed E-state index contributed by atoms with van der Waals surface area (Å²) in [6, 6.07) is 13.3. The lowest BCUT2D eigenvalue weighted by Gasteiger charge is -2.25. The fraction of sp³-hybridized carbons (Fsp3) is 0.318. The van der Waals surface area contributed by atoms with Crippen molar-refractivity contribution in [3.63, 3.8) is 0 Å². The van der Waals surface area contributed by atoms with E-state index in [1.54, 1.807) is 19.3 Å². The largest absolute Gasteiger partial charge is 0.497 e. The third kappa shape index (κ3) is 4.82. The first-order valence-electron chi connectivity index (χ1n) is 9.09. The molecule has 0 radical (unpaired) electrons. The molecular formula is C22H25NO4. The molecule has 1 aliphatic heterocycles. The smallest absolute Gasteiger partial charge is 0.244 e. The average molecular weight is 367 g/mol. The second-order valence-electron chi connectivity index (χ2n) is 6.74. The highest BCUT2D eigenvalue weighted by Crippen LogP contribution is 2.34. The van der Waals surface area contributed by atoms with Crippen LogP contribution in [-0.4, -0.2) is 26.2 Å². The molecule has 5 nitrogen and oxygen atoms in total. The molecule has 27 heavy (non-hydrogen) atoms. The zero-order chi connectivity index (χ0) is 19.2. The third-order valence-corrected chi connectivity index (χ3v) is 4.41. The van der Waals surface area contributed by atoms with Gasteiger partial charge in [-0.15, -0.1) is 0 Å². The van der Waals surface area contributed by atoms with Crippen LogP contribution in [0, 0.1) is 5.92 Å². The van der Waals surface area contributed by atoms with Crippen LogP contribution >= 0.6 is 0 Å². The first-order chi connectivity index (χ1) is 13.1. The molecule has 1 aliphatic rings. The number of carbonyl (C=O) groups is 1. The Hall–Kier alpha value is -2.95. The molecule has 1 amide bonds. The van der Waals surface area contributed by atoms with Gasteiger partial charge < -0.3 is 19.5 Å². The van der Waals surface area contributed by atoms with E-state index in [9.17, 15) is 4.79 Å². The predicted molar refractivity (Wildman–Crippen MR) is 105 cm³/mol. The lowest BCUT2D eigenvalue weighted by atomic mass is 9.95. The maximum atomic E-state index is 12.5. The van der Waals surface area contributed by atoms with Crippen molar-refractivity contribution in [2.45, 2.75) is 19.9 Å². The molecule has 1 unspecified atom stereocenters. The van der Waals surface area contributed by atoms with Crippen LogP contribution in [-0.2, 0) is 4.79 Å².